The molecule has 0 saturated carbocycles. The first-order valence-corrected chi connectivity index (χ1v) is 8.24. The number of fused-ring (bicyclic) bond motifs is 2. The van der Waals surface area contributed by atoms with Crippen molar-refractivity contribution < 1.29 is 19.3 Å². The first-order chi connectivity index (χ1) is 12.4. The molecule has 0 aromatic carbocycles. The van der Waals surface area contributed by atoms with Crippen LogP contribution >= 0.6 is 0 Å². The fourth-order valence-electron chi connectivity index (χ4n) is 3.34. The van der Waals surface area contributed by atoms with E-state index in [-0.39, 0.29) is 24.8 Å². The standard InChI is InChI=1S/C16H20N6O4/c1-16(2)25-11-8(6-23)24-15(12(11)26-16)22-7-19-10-13(18)20-9(4-3-5-17)21-14(10)22/h7-8,11-12,15,23H,5-6,17H2,1-2H3,(H2,18,20,21)/t8-,11?,12?,15-/m0/s1. The summed E-state index contributed by atoms with van der Waals surface area (Å²) in [5.41, 5.74) is 12.3. The molecular formula is C16H20N6O4. The average Bonchev–Trinajstić information content (AvgIpc) is 3.23. The molecular weight excluding hydrogens is 340 g/mol. The predicted molar refractivity (Wildman–Crippen MR) is 90.5 cm³/mol. The Morgan fingerprint density at radius 3 is 2.81 bits per heavy atom. The van der Waals surface area contributed by atoms with Gasteiger partial charge < -0.3 is 30.8 Å². The zero-order chi connectivity index (χ0) is 18.5. The summed E-state index contributed by atoms with van der Waals surface area (Å²) in [5, 5.41) is 9.64. The van der Waals surface area contributed by atoms with Crippen LogP contribution in [0.15, 0.2) is 6.33 Å². The second-order valence-electron chi connectivity index (χ2n) is 6.57. The molecule has 2 aliphatic heterocycles. The Morgan fingerprint density at radius 1 is 1.31 bits per heavy atom. The summed E-state index contributed by atoms with van der Waals surface area (Å²) in [4.78, 5) is 12.8. The molecule has 0 aliphatic carbocycles. The van der Waals surface area contributed by atoms with Crippen LogP contribution in [-0.4, -0.2) is 61.9 Å². The van der Waals surface area contributed by atoms with Gasteiger partial charge in [-0.3, -0.25) is 4.57 Å². The Morgan fingerprint density at radius 2 is 2.08 bits per heavy atom. The van der Waals surface area contributed by atoms with Gasteiger partial charge in [0.1, 0.15) is 23.8 Å². The summed E-state index contributed by atoms with van der Waals surface area (Å²) in [5.74, 6) is 5.16. The minimum atomic E-state index is -0.771. The van der Waals surface area contributed by atoms with E-state index in [0.29, 0.717) is 11.2 Å². The first-order valence-electron chi connectivity index (χ1n) is 8.24. The largest absolute Gasteiger partial charge is 0.394 e. The van der Waals surface area contributed by atoms with Crippen molar-refractivity contribution in [2.24, 2.45) is 5.73 Å². The molecule has 138 valence electrons. The normalized spacial score (nSPS) is 29.5. The van der Waals surface area contributed by atoms with Gasteiger partial charge in [-0.2, -0.15) is 0 Å². The lowest BCUT2D eigenvalue weighted by molar-refractivity contribution is -0.199. The highest BCUT2D eigenvalue weighted by molar-refractivity contribution is 5.82. The van der Waals surface area contributed by atoms with E-state index in [2.05, 4.69) is 26.8 Å². The molecule has 4 heterocycles. The predicted octanol–water partition coefficient (Wildman–Crippen LogP) is -0.871. The van der Waals surface area contributed by atoms with E-state index in [9.17, 15) is 5.11 Å². The van der Waals surface area contributed by atoms with E-state index in [1.807, 2.05) is 13.8 Å². The molecule has 26 heavy (non-hydrogen) atoms. The molecule has 2 unspecified atom stereocenters. The number of anilines is 1. The number of nitrogen functional groups attached to an aromatic ring is 1. The van der Waals surface area contributed by atoms with Crippen LogP contribution in [0.3, 0.4) is 0 Å². The smallest absolute Gasteiger partial charge is 0.209 e. The van der Waals surface area contributed by atoms with Crippen LogP contribution in [0, 0.1) is 11.8 Å². The third-order valence-corrected chi connectivity index (χ3v) is 4.33. The molecule has 2 aliphatic rings. The summed E-state index contributed by atoms with van der Waals surface area (Å²) in [7, 11) is 0. The first kappa shape index (κ1) is 17.1. The van der Waals surface area contributed by atoms with Gasteiger partial charge in [-0.1, -0.05) is 5.92 Å². The second-order valence-corrected chi connectivity index (χ2v) is 6.57. The van der Waals surface area contributed by atoms with Crippen LogP contribution in [-0.2, 0) is 14.2 Å². The zero-order valence-corrected chi connectivity index (χ0v) is 14.4. The highest BCUT2D eigenvalue weighted by Crippen LogP contribution is 2.43. The molecule has 2 aromatic rings. The van der Waals surface area contributed by atoms with Crippen molar-refractivity contribution in [3.8, 4) is 11.8 Å². The van der Waals surface area contributed by atoms with Crippen molar-refractivity contribution in [1.82, 2.24) is 19.5 Å². The number of nitrogens with zero attached hydrogens (tertiary/aromatic N) is 4. The van der Waals surface area contributed by atoms with Gasteiger partial charge in [0.05, 0.1) is 19.5 Å². The van der Waals surface area contributed by atoms with Crippen molar-refractivity contribution in [3.63, 3.8) is 0 Å². The molecule has 10 nitrogen and oxygen atoms in total. The number of hydrogen-bond acceptors (Lipinski definition) is 9. The average molecular weight is 360 g/mol. The van der Waals surface area contributed by atoms with Gasteiger partial charge in [0, 0.05) is 0 Å². The molecule has 4 rings (SSSR count). The maximum Gasteiger partial charge on any atom is 0.209 e. The minimum Gasteiger partial charge on any atom is -0.394 e. The maximum atomic E-state index is 9.64. The summed E-state index contributed by atoms with van der Waals surface area (Å²) in [6.45, 7) is 3.65. The van der Waals surface area contributed by atoms with E-state index in [1.54, 1.807) is 10.9 Å². The molecule has 4 atom stereocenters. The van der Waals surface area contributed by atoms with Crippen molar-refractivity contribution in [2.75, 3.05) is 18.9 Å². The quantitative estimate of drug-likeness (QED) is 0.582. The van der Waals surface area contributed by atoms with E-state index < -0.39 is 30.3 Å². The highest BCUT2D eigenvalue weighted by atomic mass is 16.8. The van der Waals surface area contributed by atoms with E-state index in [0.717, 1.165) is 0 Å². The highest BCUT2D eigenvalue weighted by Gasteiger charge is 2.55. The van der Waals surface area contributed by atoms with Crippen molar-refractivity contribution in [1.29, 1.82) is 0 Å². The number of ether oxygens (including phenoxy) is 3. The SMILES string of the molecule is CC1(C)OC2C(O1)[C@@H](n1cnc3c(N)nc(C#CCN)nc31)O[C@H]2CO. The Hall–Kier alpha value is -2.29. The molecule has 0 radical (unpaired) electrons. The van der Waals surface area contributed by atoms with Crippen LogP contribution < -0.4 is 11.5 Å². The number of hydrogen-bond donors (Lipinski definition) is 3. The lowest BCUT2D eigenvalue weighted by Gasteiger charge is -2.24. The van der Waals surface area contributed by atoms with Crippen LogP contribution in [0.4, 0.5) is 5.82 Å². The van der Waals surface area contributed by atoms with Gasteiger partial charge in [0.25, 0.3) is 0 Å². The monoisotopic (exact) mass is 360 g/mol. The molecule has 0 amide bonds. The third-order valence-electron chi connectivity index (χ3n) is 4.33. The molecule has 2 fully saturated rings. The summed E-state index contributed by atoms with van der Waals surface area (Å²) in [6, 6.07) is 0. The lowest BCUT2D eigenvalue weighted by Crippen LogP contribution is -2.31. The minimum absolute atomic E-state index is 0.186. The number of aromatic nitrogens is 4. The van der Waals surface area contributed by atoms with Crippen molar-refractivity contribution >= 4 is 17.0 Å². The van der Waals surface area contributed by atoms with Gasteiger partial charge >= 0.3 is 0 Å². The molecule has 0 spiro atoms. The number of aliphatic hydroxyl groups is 1. The fourth-order valence-corrected chi connectivity index (χ4v) is 3.34. The van der Waals surface area contributed by atoms with Crippen LogP contribution in [0.1, 0.15) is 25.9 Å². The maximum absolute atomic E-state index is 9.64. The zero-order valence-electron chi connectivity index (χ0n) is 14.4. The van der Waals surface area contributed by atoms with Gasteiger partial charge in [-0.15, -0.1) is 0 Å². The van der Waals surface area contributed by atoms with E-state index in [1.165, 1.54) is 0 Å². The van der Waals surface area contributed by atoms with Crippen LogP contribution in [0.5, 0.6) is 0 Å². The third kappa shape index (κ3) is 2.70. The van der Waals surface area contributed by atoms with Gasteiger partial charge in [-0.25, -0.2) is 15.0 Å². The molecule has 2 saturated heterocycles. The van der Waals surface area contributed by atoms with E-state index >= 15 is 0 Å². The van der Waals surface area contributed by atoms with Crippen molar-refractivity contribution in [3.05, 3.63) is 12.2 Å². The molecule has 2 aromatic heterocycles. The van der Waals surface area contributed by atoms with Crippen molar-refractivity contribution in [2.45, 2.75) is 44.2 Å². The Labute approximate surface area is 149 Å². The van der Waals surface area contributed by atoms with E-state index in [4.69, 9.17) is 25.7 Å². The summed E-state index contributed by atoms with van der Waals surface area (Å²) in [6.07, 6.45) is -0.345. The van der Waals surface area contributed by atoms with Crippen LogP contribution in [0.25, 0.3) is 11.2 Å². The number of imidazole rings is 1. The molecule has 0 bridgehead atoms. The van der Waals surface area contributed by atoms with Gasteiger partial charge in [0.2, 0.25) is 5.82 Å². The number of aliphatic hydroxyl groups excluding tert-OH is 1. The topological polar surface area (TPSA) is 144 Å². The number of nitrogens with two attached hydrogens (primary N) is 2. The van der Waals surface area contributed by atoms with Gasteiger partial charge in [-0.05, 0) is 19.8 Å². The van der Waals surface area contributed by atoms with Gasteiger partial charge in [0.15, 0.2) is 23.5 Å². The summed E-state index contributed by atoms with van der Waals surface area (Å²) >= 11 is 0. The fraction of sp³-hybridized carbons (Fsp3) is 0.562. The number of rotatable bonds is 2. The van der Waals surface area contributed by atoms with Crippen LogP contribution in [0.2, 0.25) is 0 Å². The molecule has 10 heteroatoms. The summed E-state index contributed by atoms with van der Waals surface area (Å²) < 4.78 is 19.5. The molecule has 5 N–H and O–H groups in total. The lowest BCUT2D eigenvalue weighted by atomic mass is 10.1. The Bertz CT molecular complexity index is 901. The second kappa shape index (κ2) is 6.15. The Kier molecular flexibility index (Phi) is 4.06. The Balaban J connectivity index is 1.78.